The molecule has 2 aromatic carbocycles. The number of aromatic nitrogens is 2. The number of rotatable bonds is 7. The first-order valence-electron chi connectivity index (χ1n) is 11.0. The van der Waals surface area contributed by atoms with Gasteiger partial charge in [0.1, 0.15) is 0 Å². The molecule has 0 bridgehead atoms. The highest BCUT2D eigenvalue weighted by Gasteiger charge is 2.13. The molecule has 1 aliphatic carbocycles. The number of hydroxylamine groups is 1. The van der Waals surface area contributed by atoms with E-state index in [-0.39, 0.29) is 12.3 Å². The van der Waals surface area contributed by atoms with Crippen LogP contribution in [-0.2, 0) is 11.2 Å². The zero-order valence-corrected chi connectivity index (χ0v) is 19.5. The van der Waals surface area contributed by atoms with E-state index < -0.39 is 5.91 Å². The van der Waals surface area contributed by atoms with E-state index >= 15 is 0 Å². The van der Waals surface area contributed by atoms with Gasteiger partial charge in [0.2, 0.25) is 5.91 Å². The van der Waals surface area contributed by atoms with Gasteiger partial charge in [0.25, 0.3) is 5.91 Å². The molecule has 1 aromatic heterocycles. The molecule has 1 aliphatic rings. The number of allylic oxidation sites excluding steroid dienone is 7. The smallest absolute Gasteiger partial charge is 0.255 e. The van der Waals surface area contributed by atoms with Crippen molar-refractivity contribution in [3.05, 3.63) is 107 Å². The zero-order chi connectivity index (χ0) is 24.6. The molecule has 0 fully saturated rings. The van der Waals surface area contributed by atoms with Crippen LogP contribution in [0.15, 0.2) is 85.0 Å². The minimum absolute atomic E-state index is 0.0546. The molecule has 8 heteroatoms. The van der Waals surface area contributed by atoms with E-state index in [1.54, 1.807) is 48.0 Å². The molecular formula is C27H23ClN4O3. The second kappa shape index (κ2) is 11.4. The average Bonchev–Trinajstić information content (AvgIpc) is 3.16. The predicted molar refractivity (Wildman–Crippen MR) is 137 cm³/mol. The van der Waals surface area contributed by atoms with Gasteiger partial charge in [-0.3, -0.25) is 14.8 Å². The van der Waals surface area contributed by atoms with E-state index in [4.69, 9.17) is 26.8 Å². The molecule has 0 saturated heterocycles. The number of halogens is 1. The summed E-state index contributed by atoms with van der Waals surface area (Å²) < 4.78 is 0. The fourth-order valence-electron chi connectivity index (χ4n) is 3.51. The summed E-state index contributed by atoms with van der Waals surface area (Å²) in [7, 11) is 0. The molecule has 0 aliphatic heterocycles. The summed E-state index contributed by atoms with van der Waals surface area (Å²) in [5.74, 6) is -0.747. The van der Waals surface area contributed by atoms with Gasteiger partial charge in [0, 0.05) is 34.7 Å². The van der Waals surface area contributed by atoms with Gasteiger partial charge in [-0.25, -0.2) is 15.4 Å². The maximum atomic E-state index is 12.6. The minimum Gasteiger partial charge on any atom is -0.322 e. The number of anilines is 1. The van der Waals surface area contributed by atoms with Crippen molar-refractivity contribution in [1.82, 2.24) is 15.4 Å². The quantitative estimate of drug-likeness (QED) is 0.235. The van der Waals surface area contributed by atoms with Crippen LogP contribution in [0.25, 0.3) is 16.6 Å². The van der Waals surface area contributed by atoms with Crippen molar-refractivity contribution in [2.75, 3.05) is 5.32 Å². The number of carbonyl (C=O) groups excluding carboxylic acids is 2. The van der Waals surface area contributed by atoms with Crippen LogP contribution in [0, 0.1) is 0 Å². The second-order valence-corrected chi connectivity index (χ2v) is 8.22. The Bertz CT molecular complexity index is 1380. The maximum absolute atomic E-state index is 12.6. The van der Waals surface area contributed by atoms with Gasteiger partial charge in [-0.1, -0.05) is 54.1 Å². The van der Waals surface area contributed by atoms with Crippen LogP contribution in [0.2, 0.25) is 5.02 Å². The first kappa shape index (κ1) is 24.1. The van der Waals surface area contributed by atoms with Crippen molar-refractivity contribution >= 4 is 45.7 Å². The van der Waals surface area contributed by atoms with E-state index in [1.807, 2.05) is 30.4 Å². The normalized spacial score (nSPS) is 13.0. The molecule has 4 rings (SSSR count). The number of fused-ring (bicyclic) bond motifs is 1. The fraction of sp³-hybridized carbons (Fsp3) is 0.111. The third-order valence-corrected chi connectivity index (χ3v) is 5.51. The fourth-order valence-corrected chi connectivity index (χ4v) is 3.64. The molecule has 0 spiro atoms. The van der Waals surface area contributed by atoms with E-state index in [0.29, 0.717) is 33.7 Å². The van der Waals surface area contributed by atoms with Crippen LogP contribution in [-0.4, -0.2) is 27.0 Å². The van der Waals surface area contributed by atoms with Crippen molar-refractivity contribution in [2.24, 2.45) is 0 Å². The van der Waals surface area contributed by atoms with Gasteiger partial charge in [0.05, 0.1) is 22.4 Å². The van der Waals surface area contributed by atoms with Gasteiger partial charge in [-0.2, -0.15) is 0 Å². The molecule has 1 heterocycles. The lowest BCUT2D eigenvalue weighted by molar-refractivity contribution is -0.128. The Balaban J connectivity index is 1.66. The highest BCUT2D eigenvalue weighted by molar-refractivity contribution is 6.30. The van der Waals surface area contributed by atoms with Crippen LogP contribution in [0.5, 0.6) is 0 Å². The van der Waals surface area contributed by atoms with Crippen molar-refractivity contribution in [1.29, 1.82) is 0 Å². The van der Waals surface area contributed by atoms with Crippen LogP contribution in [0.3, 0.4) is 0 Å². The lowest BCUT2D eigenvalue weighted by Crippen LogP contribution is -2.16. The summed E-state index contributed by atoms with van der Waals surface area (Å²) in [6.07, 6.45) is 14.9. The highest BCUT2D eigenvalue weighted by atomic mass is 35.5. The Morgan fingerprint density at radius 1 is 1.03 bits per heavy atom. The number of hydrogen-bond acceptors (Lipinski definition) is 5. The van der Waals surface area contributed by atoms with Gasteiger partial charge in [-0.05, 0) is 48.9 Å². The Morgan fingerprint density at radius 3 is 2.66 bits per heavy atom. The van der Waals surface area contributed by atoms with Crippen molar-refractivity contribution in [2.45, 2.75) is 19.3 Å². The third kappa shape index (κ3) is 6.29. The molecular weight excluding hydrogens is 464 g/mol. The summed E-state index contributed by atoms with van der Waals surface area (Å²) in [4.78, 5) is 33.6. The third-order valence-electron chi connectivity index (χ3n) is 5.26. The molecule has 176 valence electrons. The SMILES string of the molecule is O=C(C/C=C/Cc1nc2cc(NC(=O)c3ccc(Cl)cc3)ccc2nc1C1=CC=CCC=C1)NO. The van der Waals surface area contributed by atoms with Gasteiger partial charge in [0.15, 0.2) is 0 Å². The highest BCUT2D eigenvalue weighted by Crippen LogP contribution is 2.25. The second-order valence-electron chi connectivity index (χ2n) is 7.79. The Hall–Kier alpha value is -4.07. The zero-order valence-electron chi connectivity index (χ0n) is 18.7. The van der Waals surface area contributed by atoms with Crippen LogP contribution in [0.4, 0.5) is 5.69 Å². The molecule has 2 amide bonds. The maximum Gasteiger partial charge on any atom is 0.255 e. The van der Waals surface area contributed by atoms with Gasteiger partial charge >= 0.3 is 0 Å². The molecule has 0 unspecified atom stereocenters. The molecule has 35 heavy (non-hydrogen) atoms. The van der Waals surface area contributed by atoms with Gasteiger partial charge < -0.3 is 5.32 Å². The molecule has 0 saturated carbocycles. The van der Waals surface area contributed by atoms with Crippen LogP contribution in [0.1, 0.15) is 34.6 Å². The number of carbonyl (C=O) groups is 2. The average molecular weight is 487 g/mol. The Labute approximate surface area is 207 Å². The Morgan fingerprint density at radius 2 is 1.86 bits per heavy atom. The topological polar surface area (TPSA) is 104 Å². The first-order valence-corrected chi connectivity index (χ1v) is 11.4. The van der Waals surface area contributed by atoms with E-state index in [2.05, 4.69) is 17.5 Å². The number of hydrogen-bond donors (Lipinski definition) is 3. The standard InChI is InChI=1S/C27H23ClN4O3/c28-20-13-11-19(12-14-20)27(34)29-21-15-16-22-24(17-21)30-23(9-5-6-10-25(33)32-35)26(31-22)18-7-3-1-2-4-8-18/h1,3-8,11-17,35H,2,9-10H2,(H,29,34)(H,32,33)/b6-5+. The lowest BCUT2D eigenvalue weighted by atomic mass is 10.1. The van der Waals surface area contributed by atoms with Crippen LogP contribution >= 0.6 is 11.6 Å². The first-order chi connectivity index (χ1) is 17.0. The molecule has 0 radical (unpaired) electrons. The van der Waals surface area contributed by atoms with E-state index in [0.717, 1.165) is 23.4 Å². The predicted octanol–water partition coefficient (Wildman–Crippen LogP) is 5.43. The summed E-state index contributed by atoms with van der Waals surface area (Å²) in [5.41, 5.74) is 6.43. The molecule has 7 nitrogen and oxygen atoms in total. The van der Waals surface area contributed by atoms with E-state index in [9.17, 15) is 9.59 Å². The number of benzene rings is 2. The van der Waals surface area contributed by atoms with Crippen molar-refractivity contribution in [3.63, 3.8) is 0 Å². The molecule has 3 aromatic rings. The van der Waals surface area contributed by atoms with E-state index in [1.165, 1.54) is 0 Å². The summed E-state index contributed by atoms with van der Waals surface area (Å²) in [6, 6.07) is 12.1. The summed E-state index contributed by atoms with van der Waals surface area (Å²) in [6.45, 7) is 0. The number of amides is 2. The van der Waals surface area contributed by atoms with Crippen molar-refractivity contribution < 1.29 is 14.8 Å². The monoisotopic (exact) mass is 486 g/mol. The van der Waals surface area contributed by atoms with Gasteiger partial charge in [-0.15, -0.1) is 0 Å². The minimum atomic E-state index is -0.494. The molecule has 0 atom stereocenters. The number of nitrogens with zero attached hydrogens (tertiary/aromatic N) is 2. The molecule has 3 N–H and O–H groups in total. The van der Waals surface area contributed by atoms with Crippen molar-refractivity contribution in [3.8, 4) is 0 Å². The summed E-state index contributed by atoms with van der Waals surface area (Å²) in [5, 5.41) is 12.1. The lowest BCUT2D eigenvalue weighted by Gasteiger charge is -2.11. The van der Waals surface area contributed by atoms with Crippen LogP contribution < -0.4 is 10.8 Å². The number of nitrogens with one attached hydrogen (secondary N) is 2. The summed E-state index contributed by atoms with van der Waals surface area (Å²) >= 11 is 5.91. The Kier molecular flexibility index (Phi) is 7.82. The largest absolute Gasteiger partial charge is 0.322 e.